The maximum atomic E-state index is 13.3. The highest BCUT2D eigenvalue weighted by Gasteiger charge is 2.17. The van der Waals surface area contributed by atoms with Crippen molar-refractivity contribution in [3.05, 3.63) is 30.1 Å². The summed E-state index contributed by atoms with van der Waals surface area (Å²) in [7, 11) is -3.85. The number of hydrogen-bond acceptors (Lipinski definition) is 4. The van der Waals surface area contributed by atoms with E-state index in [1.807, 2.05) is 0 Å². The van der Waals surface area contributed by atoms with E-state index in [1.165, 1.54) is 18.2 Å². The molecule has 19 heavy (non-hydrogen) atoms. The predicted molar refractivity (Wildman–Crippen MR) is 65.1 cm³/mol. The Balaban J connectivity index is 2.40. The van der Waals surface area contributed by atoms with Gasteiger partial charge in [-0.25, -0.2) is 17.5 Å². The highest BCUT2D eigenvalue weighted by Crippen LogP contribution is 2.13. The molecule has 1 N–H and O–H groups in total. The minimum atomic E-state index is -3.85. The molecule has 1 aromatic rings. The normalized spacial score (nSPS) is 11.4. The van der Waals surface area contributed by atoms with Gasteiger partial charge in [-0.05, 0) is 31.4 Å². The first kappa shape index (κ1) is 15.6. The lowest BCUT2D eigenvalue weighted by atomic mass is 10.2. The van der Waals surface area contributed by atoms with Gasteiger partial charge in [0.2, 0.25) is 10.0 Å². The second kappa shape index (κ2) is 7.20. The van der Waals surface area contributed by atoms with E-state index in [1.54, 1.807) is 0 Å². The topological polar surface area (TPSA) is 86.3 Å². The second-order valence-corrected chi connectivity index (χ2v) is 5.75. The van der Waals surface area contributed by atoms with Gasteiger partial charge in [-0.2, -0.15) is 0 Å². The number of carboxylic acids is 1. The zero-order chi connectivity index (χ0) is 14.3. The minimum absolute atomic E-state index is 0.0416. The summed E-state index contributed by atoms with van der Waals surface area (Å²) >= 11 is 0. The lowest BCUT2D eigenvalue weighted by Gasteiger charge is -2.07. The van der Waals surface area contributed by atoms with Crippen LogP contribution >= 0.6 is 0 Å². The molecule has 0 saturated heterocycles. The molecular weight excluding hydrogens is 273 g/mol. The van der Waals surface area contributed by atoms with Crippen molar-refractivity contribution in [1.82, 2.24) is 4.72 Å². The van der Waals surface area contributed by atoms with Crippen molar-refractivity contribution in [2.45, 2.75) is 30.6 Å². The number of benzene rings is 1. The van der Waals surface area contributed by atoms with Crippen LogP contribution in [0, 0.1) is 5.82 Å². The molecular formula is C12H15FNO4S-. The molecule has 0 heterocycles. The lowest BCUT2D eigenvalue weighted by molar-refractivity contribution is -0.305. The molecule has 0 amide bonds. The molecule has 0 radical (unpaired) electrons. The number of hydrogen-bond donors (Lipinski definition) is 1. The van der Waals surface area contributed by atoms with Gasteiger partial charge < -0.3 is 9.90 Å². The number of unbranched alkanes of at least 4 members (excludes halogenated alkanes) is 2. The van der Waals surface area contributed by atoms with E-state index < -0.39 is 21.8 Å². The van der Waals surface area contributed by atoms with Gasteiger partial charge >= 0.3 is 0 Å². The second-order valence-electron chi connectivity index (χ2n) is 4.01. The molecule has 0 aliphatic rings. The third kappa shape index (κ3) is 5.35. The third-order valence-electron chi connectivity index (χ3n) is 2.48. The Bertz CT molecular complexity index is 530. The maximum Gasteiger partial charge on any atom is 0.243 e. The zero-order valence-corrected chi connectivity index (χ0v) is 11.1. The van der Waals surface area contributed by atoms with Crippen LogP contribution in [0.5, 0.6) is 0 Å². The number of carbonyl (C=O) groups excluding carboxylic acids is 1. The summed E-state index contributed by atoms with van der Waals surface area (Å²) in [5, 5.41) is 10.1. The summed E-state index contributed by atoms with van der Waals surface area (Å²) in [5.74, 6) is -1.92. The summed E-state index contributed by atoms with van der Waals surface area (Å²) < 4.78 is 39.1. The number of carboxylic acid groups (broad SMARTS) is 1. The molecule has 1 rings (SSSR count). The van der Waals surface area contributed by atoms with Crippen LogP contribution in [0.2, 0.25) is 0 Å². The molecule has 0 unspecified atom stereocenters. The van der Waals surface area contributed by atoms with E-state index in [9.17, 15) is 22.7 Å². The van der Waals surface area contributed by atoms with Crippen molar-refractivity contribution in [2.24, 2.45) is 0 Å². The Morgan fingerprint density at radius 1 is 1.21 bits per heavy atom. The molecule has 0 bridgehead atoms. The Hall–Kier alpha value is -1.47. The van der Waals surface area contributed by atoms with Crippen molar-refractivity contribution in [3.8, 4) is 0 Å². The van der Waals surface area contributed by atoms with Crippen LogP contribution < -0.4 is 9.83 Å². The van der Waals surface area contributed by atoms with Crippen molar-refractivity contribution < 1.29 is 22.7 Å². The van der Waals surface area contributed by atoms with Crippen LogP contribution in [-0.2, 0) is 14.8 Å². The Labute approximate surface area is 111 Å². The van der Waals surface area contributed by atoms with Gasteiger partial charge in [0.15, 0.2) is 0 Å². The number of sulfonamides is 1. The smallest absolute Gasteiger partial charge is 0.243 e. The summed E-state index contributed by atoms with van der Waals surface area (Å²) in [5.41, 5.74) is 0. The van der Waals surface area contributed by atoms with Crippen LogP contribution in [0.3, 0.4) is 0 Å². The van der Waals surface area contributed by atoms with Gasteiger partial charge in [-0.15, -0.1) is 0 Å². The molecule has 0 aromatic heterocycles. The van der Waals surface area contributed by atoms with E-state index in [0.29, 0.717) is 19.3 Å². The van der Waals surface area contributed by atoms with E-state index in [0.717, 1.165) is 6.07 Å². The SMILES string of the molecule is O=C([O-])CCCCCNS(=O)(=O)c1ccccc1F. The van der Waals surface area contributed by atoms with Crippen LogP contribution in [0.4, 0.5) is 4.39 Å². The van der Waals surface area contributed by atoms with Crippen LogP contribution in [0.25, 0.3) is 0 Å². The molecule has 0 aliphatic heterocycles. The highest BCUT2D eigenvalue weighted by atomic mass is 32.2. The van der Waals surface area contributed by atoms with Crippen molar-refractivity contribution in [2.75, 3.05) is 6.54 Å². The summed E-state index contributed by atoms with van der Waals surface area (Å²) in [4.78, 5) is 9.76. The van der Waals surface area contributed by atoms with Crippen molar-refractivity contribution in [1.29, 1.82) is 0 Å². The van der Waals surface area contributed by atoms with Crippen molar-refractivity contribution in [3.63, 3.8) is 0 Å². The van der Waals surface area contributed by atoms with Gasteiger partial charge in [0.25, 0.3) is 0 Å². The standard InChI is InChI=1S/C12H16FNO4S/c13-10-6-3-4-7-11(10)19(17,18)14-9-5-1-2-8-12(15)16/h3-4,6-7,14H,1-2,5,8-9H2,(H,15,16)/p-1. The molecule has 5 nitrogen and oxygen atoms in total. The number of nitrogens with one attached hydrogen (secondary N) is 1. The van der Waals surface area contributed by atoms with Crippen LogP contribution in [0.1, 0.15) is 25.7 Å². The molecule has 1 aromatic carbocycles. The van der Waals surface area contributed by atoms with E-state index in [4.69, 9.17) is 0 Å². The first-order valence-corrected chi connectivity index (χ1v) is 7.36. The molecule has 0 aliphatic carbocycles. The van der Waals surface area contributed by atoms with Gasteiger partial charge in [-0.3, -0.25) is 0 Å². The zero-order valence-electron chi connectivity index (χ0n) is 10.3. The largest absolute Gasteiger partial charge is 0.550 e. The Kier molecular flexibility index (Phi) is 5.91. The summed E-state index contributed by atoms with van der Waals surface area (Å²) in [6, 6.07) is 5.12. The summed E-state index contributed by atoms with van der Waals surface area (Å²) in [6.45, 7) is 0.143. The number of rotatable bonds is 8. The lowest BCUT2D eigenvalue weighted by Crippen LogP contribution is -2.26. The van der Waals surface area contributed by atoms with E-state index >= 15 is 0 Å². The number of halogens is 1. The molecule has 0 spiro atoms. The first-order chi connectivity index (χ1) is 8.93. The average molecular weight is 288 g/mol. The first-order valence-electron chi connectivity index (χ1n) is 5.87. The fourth-order valence-corrected chi connectivity index (χ4v) is 2.67. The Morgan fingerprint density at radius 2 is 1.89 bits per heavy atom. The van der Waals surface area contributed by atoms with Gasteiger partial charge in [0.1, 0.15) is 10.7 Å². The Morgan fingerprint density at radius 3 is 2.53 bits per heavy atom. The number of carbonyl (C=O) groups is 1. The van der Waals surface area contributed by atoms with Crippen molar-refractivity contribution >= 4 is 16.0 Å². The molecule has 0 atom stereocenters. The molecule has 106 valence electrons. The van der Waals surface area contributed by atoms with Gasteiger partial charge in [-0.1, -0.05) is 18.6 Å². The molecule has 0 saturated carbocycles. The van der Waals surface area contributed by atoms with E-state index in [2.05, 4.69) is 4.72 Å². The monoisotopic (exact) mass is 288 g/mol. The van der Waals surface area contributed by atoms with Gasteiger partial charge in [0, 0.05) is 12.5 Å². The summed E-state index contributed by atoms with van der Waals surface area (Å²) in [6.07, 6.45) is 1.44. The minimum Gasteiger partial charge on any atom is -0.550 e. The fraction of sp³-hybridized carbons (Fsp3) is 0.417. The molecule has 0 fully saturated rings. The quantitative estimate of drug-likeness (QED) is 0.702. The maximum absolute atomic E-state index is 13.3. The van der Waals surface area contributed by atoms with Crippen LogP contribution in [0.15, 0.2) is 29.2 Å². The van der Waals surface area contributed by atoms with Crippen LogP contribution in [-0.4, -0.2) is 20.9 Å². The predicted octanol–water partition coefficient (Wildman–Crippen LogP) is 0.414. The highest BCUT2D eigenvalue weighted by molar-refractivity contribution is 7.89. The average Bonchev–Trinajstić information content (AvgIpc) is 2.33. The van der Waals surface area contributed by atoms with Gasteiger partial charge in [0.05, 0.1) is 0 Å². The third-order valence-corrected chi connectivity index (χ3v) is 3.97. The van der Waals surface area contributed by atoms with E-state index in [-0.39, 0.29) is 17.9 Å². The fourth-order valence-electron chi connectivity index (χ4n) is 1.52. The molecule has 7 heteroatoms. The number of aliphatic carboxylic acids is 1.